The van der Waals surface area contributed by atoms with Crippen molar-refractivity contribution in [1.82, 2.24) is 0 Å². The van der Waals surface area contributed by atoms with E-state index in [0.29, 0.717) is 0 Å². The van der Waals surface area contributed by atoms with E-state index in [-0.39, 0.29) is 0 Å². The van der Waals surface area contributed by atoms with Gasteiger partial charge in [0.25, 0.3) is 0 Å². The Morgan fingerprint density at radius 3 is 0.897 bits per heavy atom. The van der Waals surface area contributed by atoms with Crippen molar-refractivity contribution in [2.24, 2.45) is 0 Å². The number of hydrogen-bond acceptors (Lipinski definition) is 3. The van der Waals surface area contributed by atoms with Crippen molar-refractivity contribution in [3.8, 4) is 0 Å². The molecule has 0 radical (unpaired) electrons. The van der Waals surface area contributed by atoms with E-state index in [0.717, 1.165) is 77.5 Å². The molecule has 0 aliphatic carbocycles. The first-order valence-corrected chi connectivity index (χ1v) is 18.8. The first-order chi connectivity index (χ1) is 13.7. The van der Waals surface area contributed by atoms with Crippen molar-refractivity contribution in [2.75, 3.05) is 22.2 Å². The molecule has 0 N–H and O–H groups in total. The SMILES string of the molecule is BrCCSc1c(Br)c(Br)c(Sc2c(Br)c(Br)c(SCCBr)c(Br)c2Br)c(Br)c1Br. The third-order valence-electron chi connectivity index (χ3n) is 3.22. The van der Waals surface area contributed by atoms with Gasteiger partial charge in [-0.25, -0.2) is 0 Å². The minimum absolute atomic E-state index is 0.934. The van der Waals surface area contributed by atoms with Gasteiger partial charge in [-0.2, -0.15) is 0 Å². The zero-order valence-corrected chi connectivity index (χ0v) is 32.1. The first kappa shape index (κ1) is 29.5. The minimum Gasteiger partial charge on any atom is -0.123 e. The summed E-state index contributed by atoms with van der Waals surface area (Å²) in [5.74, 6) is 1.96. The largest absolute Gasteiger partial charge is 0.123 e. The summed E-state index contributed by atoms with van der Waals surface area (Å²) in [6, 6.07) is 0. The van der Waals surface area contributed by atoms with Crippen molar-refractivity contribution in [1.29, 1.82) is 0 Å². The third kappa shape index (κ3) is 7.17. The lowest BCUT2D eigenvalue weighted by Crippen LogP contribution is -1.93. The molecular weight excluding hydrogens is 1090 g/mol. The molecule has 0 aliphatic heterocycles. The van der Waals surface area contributed by atoms with Crippen LogP contribution in [-0.4, -0.2) is 22.2 Å². The number of hydrogen-bond donors (Lipinski definition) is 0. The van der Waals surface area contributed by atoms with Gasteiger partial charge in [-0.15, -0.1) is 23.5 Å². The monoisotopic (exact) mass is 1090 g/mol. The summed E-state index contributed by atoms with van der Waals surface area (Å²) < 4.78 is 8.20. The Labute approximate surface area is 267 Å². The Hall–Kier alpha value is 4.29. The summed E-state index contributed by atoms with van der Waals surface area (Å²) in [6.45, 7) is 0. The molecule has 2 aromatic carbocycles. The van der Waals surface area contributed by atoms with Crippen molar-refractivity contribution in [3.63, 3.8) is 0 Å². The molecule has 0 saturated heterocycles. The maximum atomic E-state index is 3.79. The van der Waals surface area contributed by atoms with Crippen LogP contribution in [0, 0.1) is 0 Å². The second-order valence-corrected chi connectivity index (χ2v) is 16.2. The smallest absolute Gasteiger partial charge is 0.0480 e. The summed E-state index contributed by atoms with van der Waals surface area (Å²) in [5.41, 5.74) is 0. The normalized spacial score (nSPS) is 11.4. The van der Waals surface area contributed by atoms with Gasteiger partial charge in [0.15, 0.2) is 0 Å². The zero-order valence-electron chi connectivity index (χ0n) is 13.8. The van der Waals surface area contributed by atoms with Crippen LogP contribution >= 0.6 is 195 Å². The second kappa shape index (κ2) is 14.1. The fraction of sp³-hybridized carbons (Fsp3) is 0.250. The quantitative estimate of drug-likeness (QED) is 0.147. The van der Waals surface area contributed by atoms with Crippen molar-refractivity contribution >= 4 is 195 Å². The topological polar surface area (TPSA) is 0 Å². The van der Waals surface area contributed by atoms with Crippen molar-refractivity contribution in [2.45, 2.75) is 19.6 Å². The molecule has 0 atom stereocenters. The van der Waals surface area contributed by atoms with Crippen LogP contribution in [0.1, 0.15) is 0 Å². The third-order valence-corrected chi connectivity index (χ3v) is 19.1. The average molecular weight is 1100 g/mol. The molecule has 2 aromatic rings. The summed E-state index contributed by atoms with van der Waals surface area (Å²) in [4.78, 5) is 4.48. The van der Waals surface area contributed by atoms with Gasteiger partial charge in [0.2, 0.25) is 0 Å². The summed E-state index contributed by atoms with van der Waals surface area (Å²) in [7, 11) is 0. The maximum absolute atomic E-state index is 3.79. The molecule has 0 amide bonds. The zero-order chi connectivity index (χ0) is 21.9. The van der Waals surface area contributed by atoms with Crippen LogP contribution in [-0.2, 0) is 0 Å². The molecular formula is C16H8Br10S3. The van der Waals surface area contributed by atoms with Crippen LogP contribution in [0.5, 0.6) is 0 Å². The fourth-order valence-electron chi connectivity index (χ4n) is 2.00. The summed E-state index contributed by atoms with van der Waals surface area (Å²) in [6.07, 6.45) is 0. The van der Waals surface area contributed by atoms with Crippen LogP contribution in [0.25, 0.3) is 0 Å². The highest BCUT2D eigenvalue weighted by molar-refractivity contribution is 9.14. The lowest BCUT2D eigenvalue weighted by atomic mass is 10.3. The Balaban J connectivity index is 2.58. The van der Waals surface area contributed by atoms with Gasteiger partial charge >= 0.3 is 0 Å². The van der Waals surface area contributed by atoms with Crippen molar-refractivity contribution < 1.29 is 0 Å². The number of halogens is 10. The molecule has 0 fully saturated rings. The van der Waals surface area contributed by atoms with Crippen LogP contribution in [0.2, 0.25) is 0 Å². The van der Waals surface area contributed by atoms with Crippen molar-refractivity contribution in [3.05, 3.63) is 35.8 Å². The molecule has 29 heavy (non-hydrogen) atoms. The summed E-state index contributed by atoms with van der Waals surface area (Å²) >= 11 is 42.5. The molecule has 0 aromatic heterocycles. The molecule has 2 rings (SSSR count). The van der Waals surface area contributed by atoms with Gasteiger partial charge in [0, 0.05) is 77.5 Å². The predicted molar refractivity (Wildman–Crippen MR) is 168 cm³/mol. The number of thioether (sulfide) groups is 2. The Kier molecular flexibility index (Phi) is 14.4. The fourth-order valence-corrected chi connectivity index (χ4v) is 13.0. The summed E-state index contributed by atoms with van der Waals surface area (Å²) in [5, 5.41) is 1.87. The van der Waals surface area contributed by atoms with Crippen LogP contribution in [0.3, 0.4) is 0 Å². The molecule has 160 valence electrons. The molecule has 13 heteroatoms. The highest BCUT2D eigenvalue weighted by Crippen LogP contribution is 2.55. The van der Waals surface area contributed by atoms with Gasteiger partial charge < -0.3 is 0 Å². The van der Waals surface area contributed by atoms with Gasteiger partial charge in [-0.3, -0.25) is 0 Å². The average Bonchev–Trinajstić information content (AvgIpc) is 2.70. The number of benzene rings is 2. The highest BCUT2D eigenvalue weighted by Gasteiger charge is 2.25. The van der Waals surface area contributed by atoms with E-state index < -0.39 is 0 Å². The van der Waals surface area contributed by atoms with Gasteiger partial charge in [-0.1, -0.05) is 43.6 Å². The standard InChI is InChI=1S/C16H8Br10S3/c17-1-3-27-13-5(19)9(23)15(10(24)6(13)20)29-16-11(25)7(21)14(28-4-2-18)8(22)12(16)26/h1-4H2. The lowest BCUT2D eigenvalue weighted by Gasteiger charge is -2.19. The van der Waals surface area contributed by atoms with E-state index in [4.69, 9.17) is 0 Å². The number of alkyl halides is 2. The Morgan fingerprint density at radius 2 is 0.655 bits per heavy atom. The Bertz CT molecular complexity index is 787. The minimum atomic E-state index is 0.934. The molecule has 0 heterocycles. The van der Waals surface area contributed by atoms with Gasteiger partial charge in [-0.05, 0) is 127 Å². The van der Waals surface area contributed by atoms with Crippen LogP contribution in [0.4, 0.5) is 0 Å². The van der Waals surface area contributed by atoms with E-state index >= 15 is 0 Å². The molecule has 0 unspecified atom stereocenters. The molecule has 0 aliphatic rings. The number of rotatable bonds is 8. The van der Waals surface area contributed by atoms with E-state index in [1.165, 1.54) is 0 Å². The molecule has 0 bridgehead atoms. The van der Waals surface area contributed by atoms with E-state index in [1.54, 1.807) is 35.3 Å². The van der Waals surface area contributed by atoms with E-state index in [2.05, 4.69) is 159 Å². The van der Waals surface area contributed by atoms with E-state index in [9.17, 15) is 0 Å². The predicted octanol–water partition coefficient (Wildman–Crippen LogP) is 12.9. The van der Waals surface area contributed by atoms with Crippen LogP contribution in [0.15, 0.2) is 55.4 Å². The Morgan fingerprint density at radius 1 is 0.414 bits per heavy atom. The van der Waals surface area contributed by atoms with Gasteiger partial charge in [0.1, 0.15) is 0 Å². The molecule has 0 spiro atoms. The molecule has 0 saturated carbocycles. The van der Waals surface area contributed by atoms with E-state index in [1.807, 2.05) is 0 Å². The van der Waals surface area contributed by atoms with Crippen LogP contribution < -0.4 is 0 Å². The lowest BCUT2D eigenvalue weighted by molar-refractivity contribution is 1.17. The highest BCUT2D eigenvalue weighted by atomic mass is 79.9. The second-order valence-electron chi connectivity index (χ2n) is 5.01. The molecule has 0 nitrogen and oxygen atoms in total. The van der Waals surface area contributed by atoms with Gasteiger partial charge in [0.05, 0.1) is 0 Å². The first-order valence-electron chi connectivity index (χ1n) is 7.44. The maximum Gasteiger partial charge on any atom is 0.0480 e.